The summed E-state index contributed by atoms with van der Waals surface area (Å²) < 4.78 is 5.50. The van der Waals surface area contributed by atoms with E-state index in [1.807, 2.05) is 31.2 Å². The summed E-state index contributed by atoms with van der Waals surface area (Å²) >= 11 is 0. The lowest BCUT2D eigenvalue weighted by molar-refractivity contribution is 0.305. The van der Waals surface area contributed by atoms with Crippen molar-refractivity contribution in [3.8, 4) is 5.88 Å². The van der Waals surface area contributed by atoms with Gasteiger partial charge in [-0.05, 0) is 25.0 Å². The number of para-hydroxylation sites is 1. The van der Waals surface area contributed by atoms with Crippen LogP contribution in [0.4, 0.5) is 11.5 Å². The smallest absolute Gasteiger partial charge is 0.218 e. The second kappa shape index (κ2) is 6.86. The highest BCUT2D eigenvalue weighted by atomic mass is 16.5. The van der Waals surface area contributed by atoms with Gasteiger partial charge in [0.1, 0.15) is 12.1 Å². The number of nitrogens with one attached hydrogen (secondary N) is 1. The summed E-state index contributed by atoms with van der Waals surface area (Å²) in [6.07, 6.45) is 2.43. The highest BCUT2D eigenvalue weighted by Crippen LogP contribution is 2.24. The molecule has 5 nitrogen and oxygen atoms in total. The molecule has 0 radical (unpaired) electrons. The molecule has 0 aliphatic heterocycles. The summed E-state index contributed by atoms with van der Waals surface area (Å²) in [6.45, 7) is 4.66. The number of hydrogen-bond donors (Lipinski definition) is 2. The van der Waals surface area contributed by atoms with Gasteiger partial charge in [0.2, 0.25) is 5.88 Å². The molecule has 1 heterocycles. The molecule has 0 saturated carbocycles. The van der Waals surface area contributed by atoms with Crippen LogP contribution in [0.2, 0.25) is 0 Å². The fraction of sp³-hybridized carbons (Fsp3) is 0.333. The monoisotopic (exact) mass is 272 g/mol. The van der Waals surface area contributed by atoms with Crippen LogP contribution < -0.4 is 15.8 Å². The Morgan fingerprint density at radius 3 is 2.85 bits per heavy atom. The van der Waals surface area contributed by atoms with Crippen molar-refractivity contribution in [1.29, 1.82) is 0 Å². The quantitative estimate of drug-likeness (QED) is 0.845. The third-order valence-electron chi connectivity index (χ3n) is 2.81. The van der Waals surface area contributed by atoms with Gasteiger partial charge < -0.3 is 15.8 Å². The first-order valence-corrected chi connectivity index (χ1v) is 6.77. The number of nitrogens with zero attached hydrogens (tertiary/aromatic N) is 2. The number of rotatable bonds is 6. The van der Waals surface area contributed by atoms with Gasteiger partial charge >= 0.3 is 0 Å². The van der Waals surface area contributed by atoms with Crippen molar-refractivity contribution in [3.63, 3.8) is 0 Å². The summed E-state index contributed by atoms with van der Waals surface area (Å²) in [7, 11) is 0. The maximum Gasteiger partial charge on any atom is 0.218 e. The Morgan fingerprint density at radius 1 is 1.30 bits per heavy atom. The molecule has 0 aliphatic rings. The third-order valence-corrected chi connectivity index (χ3v) is 2.81. The van der Waals surface area contributed by atoms with Crippen molar-refractivity contribution in [2.75, 3.05) is 11.9 Å². The average Bonchev–Trinajstić information content (AvgIpc) is 2.46. The number of ether oxygens (including phenoxy) is 1. The zero-order valence-electron chi connectivity index (χ0n) is 11.8. The Labute approximate surface area is 119 Å². The van der Waals surface area contributed by atoms with Gasteiger partial charge in [0.25, 0.3) is 0 Å². The first-order chi connectivity index (χ1) is 9.70. The zero-order valence-corrected chi connectivity index (χ0v) is 11.8. The number of hydrogen-bond acceptors (Lipinski definition) is 5. The van der Waals surface area contributed by atoms with Gasteiger partial charge in [0.15, 0.2) is 0 Å². The second-order valence-electron chi connectivity index (χ2n) is 4.59. The lowest BCUT2D eigenvalue weighted by atomic mass is 10.1. The molecule has 3 N–H and O–H groups in total. The molecule has 1 aromatic carbocycles. The fourth-order valence-corrected chi connectivity index (χ4v) is 1.84. The molecule has 0 fully saturated rings. The maximum atomic E-state index is 5.97. The predicted molar refractivity (Wildman–Crippen MR) is 80.1 cm³/mol. The molecule has 1 aromatic heterocycles. The van der Waals surface area contributed by atoms with Gasteiger partial charge in [0.05, 0.1) is 6.61 Å². The Bertz CT molecular complexity index is 557. The Morgan fingerprint density at radius 2 is 2.10 bits per heavy atom. The molecule has 0 amide bonds. The maximum absolute atomic E-state index is 5.97. The van der Waals surface area contributed by atoms with E-state index in [2.05, 4.69) is 22.2 Å². The van der Waals surface area contributed by atoms with Gasteiger partial charge in [-0.25, -0.2) is 9.97 Å². The third kappa shape index (κ3) is 3.68. The molecule has 0 aliphatic carbocycles. The second-order valence-corrected chi connectivity index (χ2v) is 4.59. The van der Waals surface area contributed by atoms with Gasteiger partial charge in [-0.3, -0.25) is 0 Å². The van der Waals surface area contributed by atoms with E-state index in [4.69, 9.17) is 10.5 Å². The van der Waals surface area contributed by atoms with Gasteiger partial charge in [-0.2, -0.15) is 0 Å². The normalized spacial score (nSPS) is 11.9. The van der Waals surface area contributed by atoms with Crippen LogP contribution in [0.25, 0.3) is 0 Å². The minimum atomic E-state index is -0.0450. The molecule has 0 bridgehead atoms. The largest absolute Gasteiger partial charge is 0.478 e. The summed E-state index contributed by atoms with van der Waals surface area (Å²) in [5, 5.41) is 3.26. The van der Waals surface area contributed by atoms with Crippen LogP contribution in [0.5, 0.6) is 5.88 Å². The molecule has 1 atom stereocenters. The highest BCUT2D eigenvalue weighted by Gasteiger charge is 2.07. The molecule has 0 spiro atoms. The number of benzene rings is 1. The van der Waals surface area contributed by atoms with E-state index in [0.29, 0.717) is 18.3 Å². The van der Waals surface area contributed by atoms with Gasteiger partial charge in [-0.1, -0.05) is 25.1 Å². The summed E-state index contributed by atoms with van der Waals surface area (Å²) in [4.78, 5) is 8.28. The summed E-state index contributed by atoms with van der Waals surface area (Å²) in [5.41, 5.74) is 7.96. The minimum Gasteiger partial charge on any atom is -0.478 e. The number of aromatic nitrogens is 2. The molecule has 106 valence electrons. The van der Waals surface area contributed by atoms with E-state index >= 15 is 0 Å². The van der Waals surface area contributed by atoms with Crippen LogP contribution in [0.3, 0.4) is 0 Å². The van der Waals surface area contributed by atoms with E-state index in [9.17, 15) is 0 Å². The van der Waals surface area contributed by atoms with E-state index in [-0.39, 0.29) is 6.04 Å². The van der Waals surface area contributed by atoms with Crippen LogP contribution in [0.15, 0.2) is 36.7 Å². The topological polar surface area (TPSA) is 73.1 Å². The lowest BCUT2D eigenvalue weighted by Gasteiger charge is -2.14. The van der Waals surface area contributed by atoms with Crippen molar-refractivity contribution >= 4 is 11.5 Å². The Balaban J connectivity index is 2.17. The van der Waals surface area contributed by atoms with Gasteiger partial charge in [0, 0.05) is 17.8 Å². The van der Waals surface area contributed by atoms with Crippen molar-refractivity contribution < 1.29 is 4.74 Å². The molecule has 5 heteroatoms. The van der Waals surface area contributed by atoms with Crippen molar-refractivity contribution in [2.24, 2.45) is 5.73 Å². The molecule has 2 rings (SSSR count). The van der Waals surface area contributed by atoms with Crippen LogP contribution in [-0.4, -0.2) is 16.6 Å². The summed E-state index contributed by atoms with van der Waals surface area (Å²) in [5.74, 6) is 1.27. The van der Waals surface area contributed by atoms with Crippen LogP contribution >= 0.6 is 0 Å². The average molecular weight is 272 g/mol. The standard InChI is InChI=1S/C15H20N4O/c1-3-8-20-15-9-14(17-10-18-15)19-13-7-5-4-6-12(13)11(2)16/h4-7,9-11H,3,8,16H2,1-2H3,(H,17,18,19). The number of anilines is 2. The highest BCUT2D eigenvalue weighted by molar-refractivity contribution is 5.61. The van der Waals surface area contributed by atoms with Crippen molar-refractivity contribution in [3.05, 3.63) is 42.2 Å². The Hall–Kier alpha value is -2.14. The van der Waals surface area contributed by atoms with Crippen LogP contribution in [-0.2, 0) is 0 Å². The molecule has 20 heavy (non-hydrogen) atoms. The molecule has 2 aromatic rings. The SMILES string of the molecule is CCCOc1cc(Nc2ccccc2C(C)N)ncn1. The minimum absolute atomic E-state index is 0.0450. The zero-order chi connectivity index (χ0) is 14.4. The molecule has 1 unspecified atom stereocenters. The lowest BCUT2D eigenvalue weighted by Crippen LogP contribution is -2.08. The van der Waals surface area contributed by atoms with Crippen molar-refractivity contribution in [1.82, 2.24) is 9.97 Å². The fourth-order valence-electron chi connectivity index (χ4n) is 1.84. The van der Waals surface area contributed by atoms with Crippen molar-refractivity contribution in [2.45, 2.75) is 26.3 Å². The van der Waals surface area contributed by atoms with E-state index in [1.54, 1.807) is 6.07 Å². The van der Waals surface area contributed by atoms with E-state index in [0.717, 1.165) is 17.7 Å². The van der Waals surface area contributed by atoms with Crippen LogP contribution in [0.1, 0.15) is 31.9 Å². The van der Waals surface area contributed by atoms with Crippen LogP contribution in [0, 0.1) is 0 Å². The first-order valence-electron chi connectivity index (χ1n) is 6.77. The molecule has 0 saturated heterocycles. The van der Waals surface area contributed by atoms with E-state index in [1.165, 1.54) is 6.33 Å². The molecular formula is C15H20N4O. The summed E-state index contributed by atoms with van der Waals surface area (Å²) in [6, 6.07) is 9.66. The molecular weight excluding hydrogens is 252 g/mol. The Kier molecular flexibility index (Phi) is 4.90. The number of nitrogens with two attached hydrogens (primary N) is 1. The first kappa shape index (κ1) is 14.3. The van der Waals surface area contributed by atoms with Gasteiger partial charge in [-0.15, -0.1) is 0 Å². The van der Waals surface area contributed by atoms with E-state index < -0.39 is 0 Å². The predicted octanol–water partition coefficient (Wildman–Crippen LogP) is 3.03.